The summed E-state index contributed by atoms with van der Waals surface area (Å²) < 4.78 is 0. The number of hydrogen-bond acceptors (Lipinski definition) is 1. The fourth-order valence-electron chi connectivity index (χ4n) is 6.63. The van der Waals surface area contributed by atoms with Gasteiger partial charge in [-0.05, 0) is 79.8 Å². The normalized spacial score (nSPS) is 49.9. The summed E-state index contributed by atoms with van der Waals surface area (Å²) in [6, 6.07) is 0. The molecule has 0 saturated heterocycles. The number of hydrogen-bond donors (Lipinski definition) is 0. The minimum atomic E-state index is 0.143. The number of ketones is 1. The maximum Gasteiger partial charge on any atom is 0.178 e. The molecule has 118 valence electrons. The van der Waals surface area contributed by atoms with Crippen molar-refractivity contribution in [2.45, 2.75) is 52.4 Å². The smallest absolute Gasteiger partial charge is 0.178 e. The Morgan fingerprint density at radius 3 is 2.77 bits per heavy atom. The van der Waals surface area contributed by atoms with E-state index in [2.05, 4.69) is 32.6 Å². The van der Waals surface area contributed by atoms with Crippen LogP contribution in [0.3, 0.4) is 0 Å². The van der Waals surface area contributed by atoms with Crippen LogP contribution in [0.2, 0.25) is 0 Å². The second-order valence-corrected chi connectivity index (χ2v) is 8.57. The van der Waals surface area contributed by atoms with Crippen molar-refractivity contribution in [1.82, 2.24) is 0 Å². The molecule has 0 amide bonds. The standard InChI is InChI=1S/C21H28O/c1-4-14-6-8-18-17-7-5-15-13-16(22)9-11-21(15,3)19(17)10-12-20(14,18)2/h4,9,11,13-14,17-19H,1,5-8,10,12H2,2-3H3/t14-,17?,18?,19?,20+,21-/m0/s1. The van der Waals surface area contributed by atoms with E-state index < -0.39 is 0 Å². The van der Waals surface area contributed by atoms with Gasteiger partial charge in [0.1, 0.15) is 0 Å². The van der Waals surface area contributed by atoms with E-state index >= 15 is 0 Å². The first-order valence-corrected chi connectivity index (χ1v) is 9.06. The summed E-state index contributed by atoms with van der Waals surface area (Å²) in [5.74, 6) is 3.34. The molecule has 0 spiro atoms. The van der Waals surface area contributed by atoms with Crippen molar-refractivity contribution in [1.29, 1.82) is 0 Å². The molecule has 4 aliphatic carbocycles. The van der Waals surface area contributed by atoms with Crippen LogP contribution in [0.1, 0.15) is 52.4 Å². The summed E-state index contributed by atoms with van der Waals surface area (Å²) >= 11 is 0. The monoisotopic (exact) mass is 296 g/mol. The molecule has 0 aromatic rings. The lowest BCUT2D eigenvalue weighted by Crippen LogP contribution is -2.49. The molecule has 1 nitrogen and oxygen atoms in total. The SMILES string of the molecule is C=C[C@H]1CCC2C3CCC4=CC(=O)C=C[C@]4(C)C3CC[C@@]21C. The van der Waals surface area contributed by atoms with Crippen molar-refractivity contribution in [2.24, 2.45) is 34.5 Å². The van der Waals surface area contributed by atoms with Crippen LogP contribution < -0.4 is 0 Å². The summed E-state index contributed by atoms with van der Waals surface area (Å²) in [6.07, 6.45) is 16.0. The van der Waals surface area contributed by atoms with Gasteiger partial charge < -0.3 is 0 Å². The molecule has 0 heterocycles. The van der Waals surface area contributed by atoms with Gasteiger partial charge in [-0.1, -0.05) is 31.6 Å². The molecule has 3 unspecified atom stereocenters. The van der Waals surface area contributed by atoms with E-state index in [1.54, 1.807) is 0 Å². The van der Waals surface area contributed by atoms with Gasteiger partial charge in [-0.25, -0.2) is 0 Å². The van der Waals surface area contributed by atoms with Gasteiger partial charge in [0.25, 0.3) is 0 Å². The second kappa shape index (κ2) is 4.69. The molecule has 4 aliphatic rings. The first-order chi connectivity index (χ1) is 10.5. The number of fused-ring (bicyclic) bond motifs is 5. The first kappa shape index (κ1) is 14.5. The Kier molecular flexibility index (Phi) is 3.09. The summed E-state index contributed by atoms with van der Waals surface area (Å²) in [5, 5.41) is 0. The third-order valence-electron chi connectivity index (χ3n) is 7.91. The molecule has 0 radical (unpaired) electrons. The summed E-state index contributed by atoms with van der Waals surface area (Å²) in [4.78, 5) is 11.8. The fraction of sp³-hybridized carbons (Fsp3) is 0.667. The molecule has 0 aromatic heterocycles. The Morgan fingerprint density at radius 1 is 1.18 bits per heavy atom. The number of rotatable bonds is 1. The quantitative estimate of drug-likeness (QED) is 0.615. The first-order valence-electron chi connectivity index (χ1n) is 9.06. The van der Waals surface area contributed by atoms with Crippen molar-refractivity contribution in [3.8, 4) is 0 Å². The van der Waals surface area contributed by atoms with E-state index in [-0.39, 0.29) is 11.2 Å². The third-order valence-corrected chi connectivity index (χ3v) is 7.91. The fourth-order valence-corrected chi connectivity index (χ4v) is 6.63. The number of carbonyl (C=O) groups excluding carboxylic acids is 1. The highest BCUT2D eigenvalue weighted by atomic mass is 16.1. The van der Waals surface area contributed by atoms with E-state index in [4.69, 9.17) is 0 Å². The highest BCUT2D eigenvalue weighted by molar-refractivity contribution is 6.01. The van der Waals surface area contributed by atoms with Gasteiger partial charge in [0.15, 0.2) is 5.78 Å². The molecule has 6 atom stereocenters. The Morgan fingerprint density at radius 2 is 2.00 bits per heavy atom. The molecule has 3 fully saturated rings. The molecule has 3 saturated carbocycles. The van der Waals surface area contributed by atoms with Crippen LogP contribution in [-0.2, 0) is 4.79 Å². The Bertz CT molecular complexity index is 583. The Balaban J connectivity index is 1.69. The zero-order valence-electron chi connectivity index (χ0n) is 14.0. The van der Waals surface area contributed by atoms with Crippen LogP contribution in [0.25, 0.3) is 0 Å². The Hall–Kier alpha value is -1.11. The van der Waals surface area contributed by atoms with Crippen molar-refractivity contribution >= 4 is 5.78 Å². The van der Waals surface area contributed by atoms with E-state index in [1.165, 1.54) is 37.7 Å². The van der Waals surface area contributed by atoms with Gasteiger partial charge in [0, 0.05) is 5.41 Å². The van der Waals surface area contributed by atoms with Gasteiger partial charge in [-0.3, -0.25) is 4.79 Å². The van der Waals surface area contributed by atoms with Gasteiger partial charge >= 0.3 is 0 Å². The molecule has 0 N–H and O–H groups in total. The van der Waals surface area contributed by atoms with Gasteiger partial charge in [0.2, 0.25) is 0 Å². The van der Waals surface area contributed by atoms with Crippen LogP contribution in [0.5, 0.6) is 0 Å². The van der Waals surface area contributed by atoms with Gasteiger partial charge in [0.05, 0.1) is 0 Å². The second-order valence-electron chi connectivity index (χ2n) is 8.57. The maximum atomic E-state index is 11.8. The van der Waals surface area contributed by atoms with Crippen LogP contribution in [0, 0.1) is 34.5 Å². The van der Waals surface area contributed by atoms with E-state index in [0.29, 0.717) is 11.3 Å². The topological polar surface area (TPSA) is 17.1 Å². The van der Waals surface area contributed by atoms with Crippen molar-refractivity contribution < 1.29 is 4.79 Å². The molecular formula is C21H28O. The third kappa shape index (κ3) is 1.74. The molecule has 0 bridgehead atoms. The maximum absolute atomic E-state index is 11.8. The Labute approximate surface area is 134 Å². The lowest BCUT2D eigenvalue weighted by molar-refractivity contribution is -0.111. The van der Waals surface area contributed by atoms with E-state index in [1.807, 2.05) is 12.2 Å². The molecular weight excluding hydrogens is 268 g/mol. The van der Waals surface area contributed by atoms with Crippen molar-refractivity contribution in [3.05, 3.63) is 36.5 Å². The van der Waals surface area contributed by atoms with Crippen LogP contribution in [0.4, 0.5) is 0 Å². The summed E-state index contributed by atoms with van der Waals surface area (Å²) in [5.41, 5.74) is 2.03. The average Bonchev–Trinajstić information content (AvgIpc) is 2.84. The average molecular weight is 296 g/mol. The lowest BCUT2D eigenvalue weighted by Gasteiger charge is -2.57. The van der Waals surface area contributed by atoms with Gasteiger partial charge in [-0.2, -0.15) is 0 Å². The molecule has 4 rings (SSSR count). The van der Waals surface area contributed by atoms with Gasteiger partial charge in [-0.15, -0.1) is 6.58 Å². The molecule has 22 heavy (non-hydrogen) atoms. The molecule has 0 aliphatic heterocycles. The van der Waals surface area contributed by atoms with Crippen molar-refractivity contribution in [3.63, 3.8) is 0 Å². The molecule has 1 heteroatoms. The molecule has 0 aromatic carbocycles. The zero-order chi connectivity index (χ0) is 15.5. The number of allylic oxidation sites excluding steroid dienone is 5. The van der Waals surface area contributed by atoms with E-state index in [0.717, 1.165) is 24.2 Å². The van der Waals surface area contributed by atoms with Crippen LogP contribution >= 0.6 is 0 Å². The minimum absolute atomic E-state index is 0.143. The largest absolute Gasteiger partial charge is 0.290 e. The van der Waals surface area contributed by atoms with Crippen molar-refractivity contribution in [2.75, 3.05) is 0 Å². The highest BCUT2D eigenvalue weighted by Crippen LogP contribution is 2.66. The summed E-state index contributed by atoms with van der Waals surface area (Å²) in [7, 11) is 0. The van der Waals surface area contributed by atoms with Crippen LogP contribution in [0.15, 0.2) is 36.5 Å². The van der Waals surface area contributed by atoms with E-state index in [9.17, 15) is 4.79 Å². The van der Waals surface area contributed by atoms with Crippen LogP contribution in [-0.4, -0.2) is 5.78 Å². The highest BCUT2D eigenvalue weighted by Gasteiger charge is 2.57. The number of carbonyl (C=O) groups is 1. The predicted molar refractivity (Wildman–Crippen MR) is 90.3 cm³/mol. The predicted octanol–water partition coefficient (Wildman–Crippen LogP) is 5.10. The lowest BCUT2D eigenvalue weighted by atomic mass is 9.48. The zero-order valence-corrected chi connectivity index (χ0v) is 14.0. The minimum Gasteiger partial charge on any atom is -0.290 e. The summed E-state index contributed by atoms with van der Waals surface area (Å²) in [6.45, 7) is 9.03.